The van der Waals surface area contributed by atoms with Gasteiger partial charge in [-0.2, -0.15) is 0 Å². The zero-order valence-electron chi connectivity index (χ0n) is 11.8. The molecule has 0 saturated heterocycles. The molecule has 2 rings (SSSR count). The van der Waals surface area contributed by atoms with Crippen LogP contribution in [0.4, 0.5) is 0 Å². The number of hydrogen-bond acceptors (Lipinski definition) is 4. The Morgan fingerprint density at radius 3 is 2.74 bits per heavy atom. The minimum atomic E-state index is 0.278. The third kappa shape index (κ3) is 3.39. The first-order chi connectivity index (χ1) is 9.26. The van der Waals surface area contributed by atoms with Gasteiger partial charge in [0.25, 0.3) is 0 Å². The molecule has 0 aliphatic heterocycles. The molecule has 4 heteroatoms. The molecule has 3 nitrogen and oxygen atoms in total. The van der Waals surface area contributed by atoms with Gasteiger partial charge in [0.2, 0.25) is 0 Å². The van der Waals surface area contributed by atoms with Crippen LogP contribution < -0.4 is 5.32 Å². The average Bonchev–Trinajstić information content (AvgIpc) is 2.94. The summed E-state index contributed by atoms with van der Waals surface area (Å²) in [6, 6.07) is 8.71. The summed E-state index contributed by atoms with van der Waals surface area (Å²) in [5.74, 6) is 0. The average molecular weight is 275 g/mol. The molecule has 0 amide bonds. The largest absolute Gasteiger partial charge is 0.308 e. The van der Waals surface area contributed by atoms with Gasteiger partial charge in [-0.3, -0.25) is 0 Å². The summed E-state index contributed by atoms with van der Waals surface area (Å²) in [4.78, 5) is 0. The normalized spacial score (nSPS) is 12.6. The second-order valence-corrected chi connectivity index (χ2v) is 5.64. The first kappa shape index (κ1) is 14.2. The van der Waals surface area contributed by atoms with Crippen molar-refractivity contribution in [2.45, 2.75) is 39.7 Å². The van der Waals surface area contributed by atoms with Gasteiger partial charge in [-0.15, -0.1) is 10.2 Å². The van der Waals surface area contributed by atoms with Gasteiger partial charge >= 0.3 is 0 Å². The van der Waals surface area contributed by atoms with Crippen molar-refractivity contribution < 1.29 is 0 Å². The first-order valence-corrected chi connectivity index (χ1v) is 7.73. The van der Waals surface area contributed by atoms with E-state index in [1.807, 2.05) is 0 Å². The van der Waals surface area contributed by atoms with Crippen LogP contribution >= 0.6 is 11.3 Å². The molecule has 19 heavy (non-hydrogen) atoms. The third-order valence-corrected chi connectivity index (χ3v) is 4.28. The lowest BCUT2D eigenvalue weighted by molar-refractivity contribution is 0.564. The Morgan fingerprint density at radius 1 is 1.21 bits per heavy atom. The number of aryl methyl sites for hydroxylation is 1. The molecular formula is C15H21N3S. The van der Waals surface area contributed by atoms with E-state index in [4.69, 9.17) is 0 Å². The molecule has 0 radical (unpaired) electrons. The molecule has 1 heterocycles. The fourth-order valence-corrected chi connectivity index (χ4v) is 2.93. The summed E-state index contributed by atoms with van der Waals surface area (Å²) in [5, 5.41) is 14.2. The maximum atomic E-state index is 4.35. The fourth-order valence-electron chi connectivity index (χ4n) is 2.00. The molecule has 0 aliphatic carbocycles. The molecule has 0 bridgehead atoms. The van der Waals surface area contributed by atoms with Gasteiger partial charge in [0.05, 0.1) is 6.04 Å². The van der Waals surface area contributed by atoms with E-state index in [0.29, 0.717) is 0 Å². The predicted octanol–water partition coefficient (Wildman–Crippen LogP) is 3.83. The second kappa shape index (κ2) is 6.78. The Hall–Kier alpha value is -1.26. The van der Waals surface area contributed by atoms with Gasteiger partial charge in [-0.1, -0.05) is 49.4 Å². The topological polar surface area (TPSA) is 37.8 Å². The zero-order valence-corrected chi connectivity index (χ0v) is 12.6. The van der Waals surface area contributed by atoms with Crippen LogP contribution in [0.5, 0.6) is 0 Å². The predicted molar refractivity (Wildman–Crippen MR) is 81.4 cm³/mol. The molecule has 1 N–H and O–H groups in total. The van der Waals surface area contributed by atoms with E-state index in [2.05, 4.69) is 60.6 Å². The highest BCUT2D eigenvalue weighted by atomic mass is 32.1. The van der Waals surface area contributed by atoms with E-state index in [1.54, 1.807) is 11.3 Å². The Labute approximate surface area is 119 Å². The van der Waals surface area contributed by atoms with Crippen molar-refractivity contribution in [3.05, 3.63) is 34.8 Å². The van der Waals surface area contributed by atoms with Crippen molar-refractivity contribution in [1.82, 2.24) is 15.5 Å². The number of nitrogens with zero attached hydrogens (tertiary/aromatic N) is 2. The summed E-state index contributed by atoms with van der Waals surface area (Å²) in [6.07, 6.45) is 2.16. The van der Waals surface area contributed by atoms with E-state index in [0.717, 1.165) is 29.4 Å². The lowest BCUT2D eigenvalue weighted by Crippen LogP contribution is -2.18. The van der Waals surface area contributed by atoms with Crippen LogP contribution in [-0.2, 0) is 6.42 Å². The standard InChI is InChI=1S/C15H21N3S/c1-4-10-16-11(3)14-17-18-15(19-14)13-9-7-6-8-12(13)5-2/h6-9,11,16H,4-5,10H2,1-3H3. The van der Waals surface area contributed by atoms with Gasteiger partial charge in [0.15, 0.2) is 0 Å². The SMILES string of the molecule is CCCNC(C)c1nnc(-c2ccccc2CC)s1. The van der Waals surface area contributed by atoms with Gasteiger partial charge in [0, 0.05) is 5.56 Å². The summed E-state index contributed by atoms with van der Waals surface area (Å²) in [6.45, 7) is 7.50. The van der Waals surface area contributed by atoms with Gasteiger partial charge in [0.1, 0.15) is 10.0 Å². The van der Waals surface area contributed by atoms with E-state index < -0.39 is 0 Å². The van der Waals surface area contributed by atoms with Crippen molar-refractivity contribution in [3.63, 3.8) is 0 Å². The van der Waals surface area contributed by atoms with Crippen LogP contribution in [0.3, 0.4) is 0 Å². The lowest BCUT2D eigenvalue weighted by Gasteiger charge is -2.08. The number of nitrogens with one attached hydrogen (secondary N) is 1. The Morgan fingerprint density at radius 2 is 2.00 bits per heavy atom. The maximum Gasteiger partial charge on any atom is 0.148 e. The van der Waals surface area contributed by atoms with Crippen molar-refractivity contribution in [2.24, 2.45) is 0 Å². The first-order valence-electron chi connectivity index (χ1n) is 6.91. The summed E-state index contributed by atoms with van der Waals surface area (Å²) >= 11 is 1.69. The van der Waals surface area contributed by atoms with E-state index >= 15 is 0 Å². The summed E-state index contributed by atoms with van der Waals surface area (Å²) in [5.41, 5.74) is 2.55. The number of rotatable bonds is 6. The minimum Gasteiger partial charge on any atom is -0.308 e. The lowest BCUT2D eigenvalue weighted by atomic mass is 10.1. The molecule has 2 aromatic rings. The van der Waals surface area contributed by atoms with Crippen molar-refractivity contribution >= 4 is 11.3 Å². The smallest absolute Gasteiger partial charge is 0.148 e. The highest BCUT2D eigenvalue weighted by Gasteiger charge is 2.13. The number of aromatic nitrogens is 2. The molecule has 0 spiro atoms. The Balaban J connectivity index is 2.20. The number of benzene rings is 1. The third-order valence-electron chi connectivity index (χ3n) is 3.14. The van der Waals surface area contributed by atoms with E-state index in [1.165, 1.54) is 11.1 Å². The van der Waals surface area contributed by atoms with Crippen molar-refractivity contribution in [2.75, 3.05) is 6.54 Å². The Kier molecular flexibility index (Phi) is 5.05. The van der Waals surface area contributed by atoms with E-state index in [-0.39, 0.29) is 6.04 Å². The molecule has 102 valence electrons. The quantitative estimate of drug-likeness (QED) is 0.870. The van der Waals surface area contributed by atoms with Crippen molar-refractivity contribution in [3.8, 4) is 10.6 Å². The minimum absolute atomic E-state index is 0.278. The van der Waals surface area contributed by atoms with Crippen LogP contribution in [0.25, 0.3) is 10.6 Å². The molecule has 1 atom stereocenters. The van der Waals surface area contributed by atoms with Gasteiger partial charge < -0.3 is 5.32 Å². The molecule has 0 aliphatic rings. The monoisotopic (exact) mass is 275 g/mol. The Bertz CT molecular complexity index is 522. The summed E-state index contributed by atoms with van der Waals surface area (Å²) in [7, 11) is 0. The fraction of sp³-hybridized carbons (Fsp3) is 0.467. The van der Waals surface area contributed by atoms with Crippen LogP contribution in [-0.4, -0.2) is 16.7 Å². The molecular weight excluding hydrogens is 254 g/mol. The van der Waals surface area contributed by atoms with Crippen LogP contribution in [0.2, 0.25) is 0 Å². The van der Waals surface area contributed by atoms with Crippen LogP contribution in [0.15, 0.2) is 24.3 Å². The second-order valence-electron chi connectivity index (χ2n) is 4.63. The summed E-state index contributed by atoms with van der Waals surface area (Å²) < 4.78 is 0. The molecule has 0 saturated carbocycles. The van der Waals surface area contributed by atoms with E-state index in [9.17, 15) is 0 Å². The highest BCUT2D eigenvalue weighted by molar-refractivity contribution is 7.14. The van der Waals surface area contributed by atoms with Gasteiger partial charge in [-0.05, 0) is 31.9 Å². The van der Waals surface area contributed by atoms with Crippen molar-refractivity contribution in [1.29, 1.82) is 0 Å². The molecule has 0 fully saturated rings. The molecule has 1 aromatic heterocycles. The van der Waals surface area contributed by atoms with Crippen LogP contribution in [0.1, 0.15) is 43.8 Å². The highest BCUT2D eigenvalue weighted by Crippen LogP contribution is 2.29. The molecule has 1 aromatic carbocycles. The van der Waals surface area contributed by atoms with Crippen LogP contribution in [0, 0.1) is 0 Å². The van der Waals surface area contributed by atoms with Gasteiger partial charge in [-0.25, -0.2) is 0 Å². The molecule has 1 unspecified atom stereocenters. The zero-order chi connectivity index (χ0) is 13.7. The number of hydrogen-bond donors (Lipinski definition) is 1. The maximum absolute atomic E-state index is 4.35.